The first-order valence-corrected chi connectivity index (χ1v) is 11.4. The molecule has 0 aliphatic carbocycles. The summed E-state index contributed by atoms with van der Waals surface area (Å²) in [5.74, 6) is -0.905. The molecule has 2 rings (SSSR count). The van der Waals surface area contributed by atoms with Crippen LogP contribution in [-0.2, 0) is 4.79 Å². The van der Waals surface area contributed by atoms with E-state index in [0.29, 0.717) is 15.6 Å². The molecule has 7 heteroatoms. The largest absolute Gasteiger partial charge is 0.394 e. The number of benzene rings is 2. The number of hydrogen-bond donors (Lipinski definition) is 4. The van der Waals surface area contributed by atoms with Crippen LogP contribution < -0.4 is 11.1 Å². The molecule has 0 spiro atoms. The van der Waals surface area contributed by atoms with E-state index in [4.69, 9.17) is 28.9 Å². The normalized spacial score (nSPS) is 16.1. The van der Waals surface area contributed by atoms with Gasteiger partial charge in [-0.1, -0.05) is 67.4 Å². The lowest BCUT2D eigenvalue weighted by molar-refractivity contribution is -0.128. The third-order valence-electron chi connectivity index (χ3n) is 5.73. The molecule has 5 N–H and O–H groups in total. The van der Waals surface area contributed by atoms with E-state index in [1.54, 1.807) is 48.5 Å². The van der Waals surface area contributed by atoms with Crippen molar-refractivity contribution in [2.45, 2.75) is 50.3 Å². The van der Waals surface area contributed by atoms with Gasteiger partial charge >= 0.3 is 0 Å². The molecule has 2 aromatic carbocycles. The third-order valence-corrected chi connectivity index (χ3v) is 6.22. The van der Waals surface area contributed by atoms with Gasteiger partial charge in [-0.05, 0) is 54.2 Å². The Labute approximate surface area is 200 Å². The zero-order valence-electron chi connectivity index (χ0n) is 18.5. The minimum atomic E-state index is -1.36. The SMILES string of the molecule is C=CCC(N)(C[C@@H](c1cccc(Cl)c1)[C@@H](O)c1ccc(Cl)cc1)C(=O)NC(CO)C(C)C. The minimum Gasteiger partial charge on any atom is -0.394 e. The summed E-state index contributed by atoms with van der Waals surface area (Å²) in [7, 11) is 0. The Balaban J connectivity index is 2.44. The number of hydrogen-bond acceptors (Lipinski definition) is 4. The van der Waals surface area contributed by atoms with Gasteiger partial charge in [0.15, 0.2) is 0 Å². The standard InChI is InChI=1S/C25H32Cl2N2O3/c1-4-12-25(28,24(32)29-22(15-30)16(2)3)14-21(18-6-5-7-20(27)13-18)23(31)17-8-10-19(26)11-9-17/h4-11,13,16,21-23,30-31H,1,12,14-15,28H2,2-3H3,(H,29,32)/t21-,22?,23-,25?/m0/s1. The summed E-state index contributed by atoms with van der Waals surface area (Å²) in [6, 6.07) is 13.6. The van der Waals surface area contributed by atoms with Gasteiger partial charge < -0.3 is 21.3 Å². The lowest BCUT2D eigenvalue weighted by Gasteiger charge is -2.35. The van der Waals surface area contributed by atoms with Crippen LogP contribution in [0.3, 0.4) is 0 Å². The van der Waals surface area contributed by atoms with Crippen molar-refractivity contribution >= 4 is 29.1 Å². The van der Waals surface area contributed by atoms with Gasteiger partial charge in [-0.3, -0.25) is 4.79 Å². The summed E-state index contributed by atoms with van der Waals surface area (Å²) < 4.78 is 0. The summed E-state index contributed by atoms with van der Waals surface area (Å²) in [4.78, 5) is 13.2. The van der Waals surface area contributed by atoms with Crippen LogP contribution in [0.15, 0.2) is 61.2 Å². The van der Waals surface area contributed by atoms with Gasteiger partial charge in [0.1, 0.15) is 0 Å². The van der Waals surface area contributed by atoms with E-state index in [1.807, 2.05) is 19.9 Å². The highest BCUT2D eigenvalue weighted by atomic mass is 35.5. The number of nitrogens with two attached hydrogens (primary N) is 1. The highest BCUT2D eigenvalue weighted by Gasteiger charge is 2.39. The van der Waals surface area contributed by atoms with Gasteiger partial charge in [0.2, 0.25) is 5.91 Å². The van der Waals surface area contributed by atoms with Crippen molar-refractivity contribution < 1.29 is 15.0 Å². The van der Waals surface area contributed by atoms with Gasteiger partial charge in [-0.25, -0.2) is 0 Å². The molecule has 0 heterocycles. The quantitative estimate of drug-likeness (QED) is 0.354. The second-order valence-corrected chi connectivity index (χ2v) is 9.39. The fraction of sp³-hybridized carbons (Fsp3) is 0.400. The fourth-order valence-corrected chi connectivity index (χ4v) is 4.02. The molecule has 1 amide bonds. The van der Waals surface area contributed by atoms with Gasteiger partial charge in [0.25, 0.3) is 0 Å². The van der Waals surface area contributed by atoms with Crippen molar-refractivity contribution in [3.05, 3.63) is 82.4 Å². The number of nitrogens with one attached hydrogen (secondary N) is 1. The summed E-state index contributed by atoms with van der Waals surface area (Å²) >= 11 is 12.2. The highest BCUT2D eigenvalue weighted by molar-refractivity contribution is 6.30. The van der Waals surface area contributed by atoms with Crippen molar-refractivity contribution in [1.29, 1.82) is 0 Å². The summed E-state index contributed by atoms with van der Waals surface area (Å²) in [5, 5.41) is 24.9. The smallest absolute Gasteiger partial charge is 0.240 e. The van der Waals surface area contributed by atoms with Gasteiger partial charge in [0, 0.05) is 16.0 Å². The summed E-state index contributed by atoms with van der Waals surface area (Å²) in [5.41, 5.74) is 6.69. The van der Waals surface area contributed by atoms with Crippen molar-refractivity contribution in [2.24, 2.45) is 11.7 Å². The number of rotatable bonds is 11. The number of carbonyl (C=O) groups is 1. The predicted molar refractivity (Wildman–Crippen MR) is 131 cm³/mol. The topological polar surface area (TPSA) is 95.6 Å². The Morgan fingerprint density at radius 2 is 1.81 bits per heavy atom. The van der Waals surface area contributed by atoms with Gasteiger partial charge in [0.05, 0.1) is 24.3 Å². The van der Waals surface area contributed by atoms with Crippen molar-refractivity contribution in [1.82, 2.24) is 5.32 Å². The first-order valence-electron chi connectivity index (χ1n) is 10.6. The highest BCUT2D eigenvalue weighted by Crippen LogP contribution is 2.39. The summed E-state index contributed by atoms with van der Waals surface area (Å²) in [6.45, 7) is 7.38. The van der Waals surface area contributed by atoms with E-state index in [9.17, 15) is 15.0 Å². The van der Waals surface area contributed by atoms with Crippen molar-refractivity contribution in [2.75, 3.05) is 6.61 Å². The molecule has 4 atom stereocenters. The van der Waals surface area contributed by atoms with E-state index in [0.717, 1.165) is 5.56 Å². The molecule has 0 bridgehead atoms. The molecule has 0 aliphatic rings. The average molecular weight is 479 g/mol. The maximum absolute atomic E-state index is 13.2. The van der Waals surface area contributed by atoms with Crippen LogP contribution in [-0.4, -0.2) is 34.3 Å². The molecule has 2 unspecified atom stereocenters. The Kier molecular flexibility index (Phi) is 9.74. The zero-order chi connectivity index (χ0) is 23.9. The number of aliphatic hydroxyl groups is 2. The van der Waals surface area contributed by atoms with E-state index in [2.05, 4.69) is 11.9 Å². The van der Waals surface area contributed by atoms with Crippen LogP contribution in [0.25, 0.3) is 0 Å². The molecule has 174 valence electrons. The number of carbonyl (C=O) groups excluding carboxylic acids is 1. The van der Waals surface area contributed by atoms with E-state index in [1.165, 1.54) is 0 Å². The van der Waals surface area contributed by atoms with Crippen molar-refractivity contribution in [3.8, 4) is 0 Å². The third kappa shape index (κ3) is 6.80. The Bertz CT molecular complexity index is 904. The molecular weight excluding hydrogens is 447 g/mol. The van der Waals surface area contributed by atoms with Crippen LogP contribution in [0.5, 0.6) is 0 Å². The van der Waals surface area contributed by atoms with Crippen LogP contribution in [0.1, 0.15) is 49.8 Å². The minimum absolute atomic E-state index is 0.0281. The number of halogens is 2. The molecule has 5 nitrogen and oxygen atoms in total. The van der Waals surface area contributed by atoms with Gasteiger partial charge in [-0.2, -0.15) is 0 Å². The molecular formula is C25H32Cl2N2O3. The zero-order valence-corrected chi connectivity index (χ0v) is 20.0. The maximum Gasteiger partial charge on any atom is 0.240 e. The molecule has 0 radical (unpaired) electrons. The van der Waals surface area contributed by atoms with Gasteiger partial charge in [-0.15, -0.1) is 6.58 Å². The molecule has 2 aromatic rings. The van der Waals surface area contributed by atoms with Crippen LogP contribution in [0.2, 0.25) is 10.0 Å². The lowest BCUT2D eigenvalue weighted by atomic mass is 9.77. The maximum atomic E-state index is 13.2. The number of amides is 1. The lowest BCUT2D eigenvalue weighted by Crippen LogP contribution is -2.58. The Morgan fingerprint density at radius 1 is 1.16 bits per heavy atom. The van der Waals surface area contributed by atoms with Crippen LogP contribution >= 0.6 is 23.2 Å². The Morgan fingerprint density at radius 3 is 2.34 bits per heavy atom. The first kappa shape index (κ1) is 26.4. The van der Waals surface area contributed by atoms with E-state index >= 15 is 0 Å². The predicted octanol–water partition coefficient (Wildman–Crippen LogP) is 4.61. The molecule has 0 aromatic heterocycles. The molecule has 32 heavy (non-hydrogen) atoms. The average Bonchev–Trinajstić information content (AvgIpc) is 2.75. The van der Waals surface area contributed by atoms with E-state index < -0.39 is 29.5 Å². The monoisotopic (exact) mass is 478 g/mol. The van der Waals surface area contributed by atoms with Crippen LogP contribution in [0.4, 0.5) is 0 Å². The molecule has 0 saturated heterocycles. The van der Waals surface area contributed by atoms with Crippen LogP contribution in [0, 0.1) is 5.92 Å². The second kappa shape index (κ2) is 11.8. The second-order valence-electron chi connectivity index (χ2n) is 8.52. The summed E-state index contributed by atoms with van der Waals surface area (Å²) in [6.07, 6.45) is 0.960. The molecule has 0 aliphatic heterocycles. The van der Waals surface area contributed by atoms with E-state index in [-0.39, 0.29) is 25.4 Å². The first-order chi connectivity index (χ1) is 15.1. The Hall–Kier alpha value is -1.89. The molecule has 0 fully saturated rings. The molecule has 0 saturated carbocycles. The fourth-order valence-electron chi connectivity index (χ4n) is 3.70. The number of aliphatic hydroxyl groups excluding tert-OH is 2. The van der Waals surface area contributed by atoms with Crippen molar-refractivity contribution in [3.63, 3.8) is 0 Å².